The largest absolute Gasteiger partial charge is 0.376 e. The highest BCUT2D eigenvalue weighted by Crippen LogP contribution is 2.19. The highest BCUT2D eigenvalue weighted by Gasteiger charge is 2.17. The minimum atomic E-state index is -0.0811. The number of amides is 1. The molecule has 1 saturated heterocycles. The average Bonchev–Trinajstić information content (AvgIpc) is 3.29. The lowest BCUT2D eigenvalue weighted by Gasteiger charge is -2.10. The highest BCUT2D eigenvalue weighted by atomic mass is 16.5. The molecule has 0 unspecified atom stereocenters. The molecule has 3 aromatic rings. The van der Waals surface area contributed by atoms with E-state index < -0.39 is 0 Å². The summed E-state index contributed by atoms with van der Waals surface area (Å²) < 4.78 is 7.42. The Morgan fingerprint density at radius 2 is 2.08 bits per heavy atom. The second-order valence-corrected chi connectivity index (χ2v) is 6.02. The Kier molecular flexibility index (Phi) is 4.01. The van der Waals surface area contributed by atoms with Crippen LogP contribution in [0.25, 0.3) is 16.9 Å². The molecule has 1 aliphatic rings. The topological polar surface area (TPSA) is 55.6 Å². The highest BCUT2D eigenvalue weighted by molar-refractivity contribution is 5.94. The van der Waals surface area contributed by atoms with Crippen LogP contribution in [0.15, 0.2) is 54.9 Å². The molecule has 5 heteroatoms. The minimum absolute atomic E-state index is 0.0811. The summed E-state index contributed by atoms with van der Waals surface area (Å²) in [4.78, 5) is 16.9. The molecule has 1 amide bonds. The van der Waals surface area contributed by atoms with Crippen molar-refractivity contribution < 1.29 is 9.53 Å². The van der Waals surface area contributed by atoms with Crippen molar-refractivity contribution in [2.75, 3.05) is 13.2 Å². The van der Waals surface area contributed by atoms with Gasteiger partial charge in [0, 0.05) is 31.1 Å². The predicted octanol–water partition coefficient (Wildman–Crippen LogP) is 2.91. The van der Waals surface area contributed by atoms with E-state index >= 15 is 0 Å². The Balaban J connectivity index is 1.53. The molecule has 0 bridgehead atoms. The first-order valence-corrected chi connectivity index (χ1v) is 8.23. The summed E-state index contributed by atoms with van der Waals surface area (Å²) in [7, 11) is 0. The fourth-order valence-corrected chi connectivity index (χ4v) is 2.99. The van der Waals surface area contributed by atoms with Crippen molar-refractivity contribution in [2.24, 2.45) is 0 Å². The number of hydrogen-bond acceptors (Lipinski definition) is 3. The van der Waals surface area contributed by atoms with Gasteiger partial charge in [-0.05, 0) is 25.0 Å². The summed E-state index contributed by atoms with van der Waals surface area (Å²) in [6, 6.07) is 13.7. The molecule has 1 N–H and O–H groups in total. The van der Waals surface area contributed by atoms with Crippen LogP contribution in [0, 0.1) is 0 Å². The average molecular weight is 321 g/mol. The molecule has 122 valence electrons. The van der Waals surface area contributed by atoms with Gasteiger partial charge in [-0.3, -0.25) is 4.79 Å². The van der Waals surface area contributed by atoms with E-state index in [1.54, 1.807) is 0 Å². The molecule has 3 heterocycles. The molecule has 2 aromatic heterocycles. The van der Waals surface area contributed by atoms with E-state index in [1.165, 1.54) is 0 Å². The molecule has 1 fully saturated rings. The number of benzene rings is 1. The molecular formula is C19H19N3O2. The van der Waals surface area contributed by atoms with E-state index in [0.29, 0.717) is 12.1 Å². The van der Waals surface area contributed by atoms with E-state index in [9.17, 15) is 4.79 Å². The van der Waals surface area contributed by atoms with Crippen LogP contribution in [0.4, 0.5) is 0 Å². The molecule has 0 saturated carbocycles. The molecule has 24 heavy (non-hydrogen) atoms. The third kappa shape index (κ3) is 3.03. The lowest BCUT2D eigenvalue weighted by molar-refractivity contribution is 0.0857. The molecule has 1 atom stereocenters. The Hall–Kier alpha value is -2.66. The molecule has 0 aliphatic carbocycles. The number of nitrogens with one attached hydrogen (secondary N) is 1. The second-order valence-electron chi connectivity index (χ2n) is 6.02. The first-order chi connectivity index (χ1) is 11.8. The Labute approximate surface area is 140 Å². The normalized spacial score (nSPS) is 17.2. The zero-order chi connectivity index (χ0) is 16.4. The number of carbonyl (C=O) groups is 1. The minimum Gasteiger partial charge on any atom is -0.376 e. The van der Waals surface area contributed by atoms with Crippen molar-refractivity contribution in [2.45, 2.75) is 18.9 Å². The van der Waals surface area contributed by atoms with Crippen molar-refractivity contribution in [3.05, 3.63) is 60.4 Å². The molecule has 0 spiro atoms. The quantitative estimate of drug-likeness (QED) is 0.804. The molecule has 1 aromatic carbocycles. The van der Waals surface area contributed by atoms with Crippen LogP contribution in [0.5, 0.6) is 0 Å². The maximum atomic E-state index is 12.3. The maximum absolute atomic E-state index is 12.3. The maximum Gasteiger partial charge on any atom is 0.252 e. The van der Waals surface area contributed by atoms with E-state index in [1.807, 2.05) is 59.3 Å². The predicted molar refractivity (Wildman–Crippen MR) is 91.9 cm³/mol. The molecular weight excluding hydrogens is 302 g/mol. The number of rotatable bonds is 4. The fraction of sp³-hybridized carbons (Fsp3) is 0.263. The van der Waals surface area contributed by atoms with Gasteiger partial charge in [-0.1, -0.05) is 30.3 Å². The third-order valence-electron chi connectivity index (χ3n) is 4.30. The van der Waals surface area contributed by atoms with E-state index in [0.717, 1.165) is 36.4 Å². The Morgan fingerprint density at radius 3 is 2.88 bits per heavy atom. The van der Waals surface area contributed by atoms with E-state index in [-0.39, 0.29) is 12.0 Å². The van der Waals surface area contributed by atoms with Crippen molar-refractivity contribution in [3.8, 4) is 11.3 Å². The standard InChI is InChI=1S/C19H19N3O2/c23-19(20-11-16-7-4-10-24-16)15-8-9-18-21-17(13-22(18)12-15)14-5-2-1-3-6-14/h1-3,5-6,8-9,12-13,16H,4,7,10-11H2,(H,20,23)/t16-/m1/s1. The van der Waals surface area contributed by atoms with Gasteiger partial charge in [0.2, 0.25) is 0 Å². The lowest BCUT2D eigenvalue weighted by Crippen LogP contribution is -2.31. The van der Waals surface area contributed by atoms with Crippen LogP contribution in [0.3, 0.4) is 0 Å². The summed E-state index contributed by atoms with van der Waals surface area (Å²) in [6.07, 6.45) is 6.00. The Bertz CT molecular complexity index is 851. The number of fused-ring (bicyclic) bond motifs is 1. The summed E-state index contributed by atoms with van der Waals surface area (Å²) >= 11 is 0. The van der Waals surface area contributed by atoms with Gasteiger partial charge in [-0.2, -0.15) is 0 Å². The molecule has 1 aliphatic heterocycles. The fourth-order valence-electron chi connectivity index (χ4n) is 2.99. The summed E-state index contributed by atoms with van der Waals surface area (Å²) in [5.74, 6) is -0.0811. The third-order valence-corrected chi connectivity index (χ3v) is 4.30. The molecule has 5 nitrogen and oxygen atoms in total. The van der Waals surface area contributed by atoms with Crippen molar-refractivity contribution >= 4 is 11.6 Å². The van der Waals surface area contributed by atoms with Gasteiger partial charge in [-0.15, -0.1) is 0 Å². The summed E-state index contributed by atoms with van der Waals surface area (Å²) in [6.45, 7) is 1.36. The Morgan fingerprint density at radius 1 is 1.21 bits per heavy atom. The number of ether oxygens (including phenoxy) is 1. The van der Waals surface area contributed by atoms with Gasteiger partial charge in [0.1, 0.15) is 5.65 Å². The summed E-state index contributed by atoms with van der Waals surface area (Å²) in [5.41, 5.74) is 3.40. The zero-order valence-electron chi connectivity index (χ0n) is 13.3. The number of pyridine rings is 1. The van der Waals surface area contributed by atoms with Gasteiger partial charge in [0.25, 0.3) is 5.91 Å². The number of imidazole rings is 1. The van der Waals surface area contributed by atoms with E-state index in [2.05, 4.69) is 10.3 Å². The number of hydrogen-bond donors (Lipinski definition) is 1. The van der Waals surface area contributed by atoms with Crippen LogP contribution in [0.1, 0.15) is 23.2 Å². The van der Waals surface area contributed by atoms with Gasteiger partial charge >= 0.3 is 0 Å². The first-order valence-electron chi connectivity index (χ1n) is 8.23. The van der Waals surface area contributed by atoms with Crippen LogP contribution in [-0.2, 0) is 4.74 Å². The number of aromatic nitrogens is 2. The molecule has 4 rings (SSSR count). The first kappa shape index (κ1) is 14.9. The number of carbonyl (C=O) groups excluding carboxylic acids is 1. The SMILES string of the molecule is O=C(NC[C@H]1CCCO1)c1ccc2nc(-c3ccccc3)cn2c1. The van der Waals surface area contributed by atoms with Crippen molar-refractivity contribution in [1.29, 1.82) is 0 Å². The zero-order valence-corrected chi connectivity index (χ0v) is 13.3. The second kappa shape index (κ2) is 6.45. The monoisotopic (exact) mass is 321 g/mol. The smallest absolute Gasteiger partial charge is 0.252 e. The van der Waals surface area contributed by atoms with Gasteiger partial charge < -0.3 is 14.5 Å². The lowest BCUT2D eigenvalue weighted by atomic mass is 10.2. The number of nitrogens with zero attached hydrogens (tertiary/aromatic N) is 2. The van der Waals surface area contributed by atoms with Gasteiger partial charge in [0.05, 0.1) is 17.4 Å². The van der Waals surface area contributed by atoms with Crippen LogP contribution in [-0.4, -0.2) is 34.5 Å². The van der Waals surface area contributed by atoms with Crippen molar-refractivity contribution in [1.82, 2.24) is 14.7 Å². The van der Waals surface area contributed by atoms with E-state index in [4.69, 9.17) is 4.74 Å². The molecule has 0 radical (unpaired) electrons. The summed E-state index contributed by atoms with van der Waals surface area (Å²) in [5, 5.41) is 2.95. The van der Waals surface area contributed by atoms with Gasteiger partial charge in [-0.25, -0.2) is 4.98 Å². The van der Waals surface area contributed by atoms with Crippen LogP contribution >= 0.6 is 0 Å². The van der Waals surface area contributed by atoms with Crippen LogP contribution < -0.4 is 5.32 Å². The van der Waals surface area contributed by atoms with Gasteiger partial charge in [0.15, 0.2) is 0 Å². The van der Waals surface area contributed by atoms with Crippen LogP contribution in [0.2, 0.25) is 0 Å². The van der Waals surface area contributed by atoms with Crippen molar-refractivity contribution in [3.63, 3.8) is 0 Å².